The maximum Gasteiger partial charge on any atom is 0.322 e. The van der Waals surface area contributed by atoms with Crippen molar-refractivity contribution in [2.24, 2.45) is 0 Å². The first-order valence-electron chi connectivity index (χ1n) is 15.6. The van der Waals surface area contributed by atoms with Crippen molar-refractivity contribution >= 4 is 29.0 Å². The van der Waals surface area contributed by atoms with E-state index >= 15 is 0 Å². The van der Waals surface area contributed by atoms with Crippen LogP contribution >= 0.6 is 0 Å². The molecule has 2 aromatic rings. The quantitative estimate of drug-likeness (QED) is 0.164. The highest BCUT2D eigenvalue weighted by Crippen LogP contribution is 2.22. The number of nitrogens with zero attached hydrogens (tertiary/aromatic N) is 1. The number of unbranched alkanes of at least 4 members (excludes halogenated alkanes) is 6. The van der Waals surface area contributed by atoms with Gasteiger partial charge in [-0.25, -0.2) is 0 Å². The van der Waals surface area contributed by atoms with Crippen LogP contribution in [0.1, 0.15) is 95.0 Å². The molecule has 1 aliphatic carbocycles. The molecule has 1 atom stereocenters. The van der Waals surface area contributed by atoms with Crippen LogP contribution < -0.4 is 21.1 Å². The minimum absolute atomic E-state index is 0.162. The summed E-state index contributed by atoms with van der Waals surface area (Å²) in [4.78, 5) is 16.4. The predicted molar refractivity (Wildman–Crippen MR) is 177 cm³/mol. The summed E-state index contributed by atoms with van der Waals surface area (Å²) in [5, 5.41) is 8.97. The number of hydrogen-bond acceptors (Lipinski definition) is 5. The van der Waals surface area contributed by atoms with Gasteiger partial charge in [0.25, 0.3) is 0 Å². The second-order valence-electron chi connectivity index (χ2n) is 11.0. The molecule has 0 bridgehead atoms. The zero-order valence-electron chi connectivity index (χ0n) is 26.1. The van der Waals surface area contributed by atoms with Gasteiger partial charge in [-0.2, -0.15) is 0 Å². The molecule has 5 heteroatoms. The van der Waals surface area contributed by atoms with E-state index in [0.717, 1.165) is 65.7 Å². The Morgan fingerprint density at radius 3 is 2.60 bits per heavy atom. The summed E-state index contributed by atoms with van der Waals surface area (Å²) in [6, 6.07) is 12.5. The van der Waals surface area contributed by atoms with Crippen LogP contribution in [0, 0.1) is 6.92 Å². The molecular formula is C37H49N3O2. The largest absolute Gasteiger partial charge is 0.468 e. The lowest BCUT2D eigenvalue weighted by Crippen LogP contribution is -2.37. The molecule has 0 amide bonds. The van der Waals surface area contributed by atoms with Crippen LogP contribution in [0.2, 0.25) is 0 Å². The minimum atomic E-state index is -0.176. The lowest BCUT2D eigenvalue weighted by molar-refractivity contribution is -0.143. The molecule has 3 rings (SSSR count). The van der Waals surface area contributed by atoms with E-state index in [1.54, 1.807) is 6.20 Å². The van der Waals surface area contributed by atoms with Gasteiger partial charge in [0.05, 0.1) is 18.5 Å². The molecule has 1 aromatic heterocycles. The zero-order chi connectivity index (χ0) is 30.2. The van der Waals surface area contributed by atoms with Crippen LogP contribution in [0.15, 0.2) is 66.9 Å². The van der Waals surface area contributed by atoms with Crippen LogP contribution in [0.3, 0.4) is 0 Å². The third kappa shape index (κ3) is 10.3. The zero-order valence-corrected chi connectivity index (χ0v) is 26.1. The number of pyridine rings is 1. The Hall–Kier alpha value is -3.66. The van der Waals surface area contributed by atoms with Crippen LogP contribution in [-0.2, 0) is 9.53 Å². The van der Waals surface area contributed by atoms with Crippen molar-refractivity contribution in [3.05, 3.63) is 94.3 Å². The first-order valence-corrected chi connectivity index (χ1v) is 15.6. The van der Waals surface area contributed by atoms with Crippen LogP contribution in [0.4, 0.5) is 0 Å². The topological polar surface area (TPSA) is 63.2 Å². The molecule has 1 heterocycles. The fourth-order valence-corrected chi connectivity index (χ4v) is 5.31. The van der Waals surface area contributed by atoms with E-state index < -0.39 is 0 Å². The highest BCUT2D eigenvalue weighted by molar-refractivity contribution is 5.88. The molecule has 0 aliphatic heterocycles. The monoisotopic (exact) mass is 567 g/mol. The molecule has 1 aliphatic rings. The van der Waals surface area contributed by atoms with Crippen molar-refractivity contribution < 1.29 is 9.53 Å². The Balaban J connectivity index is 1.55. The second-order valence-corrected chi connectivity index (χ2v) is 11.0. The van der Waals surface area contributed by atoms with E-state index in [-0.39, 0.29) is 12.0 Å². The van der Waals surface area contributed by atoms with Crippen LogP contribution in [0.5, 0.6) is 0 Å². The number of benzene rings is 1. The van der Waals surface area contributed by atoms with E-state index in [4.69, 9.17) is 9.72 Å². The highest BCUT2D eigenvalue weighted by atomic mass is 16.5. The van der Waals surface area contributed by atoms with E-state index in [0.29, 0.717) is 0 Å². The van der Waals surface area contributed by atoms with Crippen LogP contribution in [0.25, 0.3) is 23.1 Å². The standard InChI is InChI=1S/C37H49N3O2/c1-6-34(37(41)42-5)39-25-16-12-10-8-9-11-13-19-30-20-14-15-21-31-23-24-32(27-33(31)26-30)29(4)36(38-7-2)35-22-17-18-28(3)40-35/h7,15,17-18,20,22-24,26-27,34,38-39H,2,6,8-14,16,19,25H2,1,3-5H3/b30-20-,33-26-,36-29+/t21?,34-/m0/s1. The number of ether oxygens (including phenoxy) is 1. The molecule has 0 fully saturated rings. The molecule has 224 valence electrons. The Morgan fingerprint density at radius 2 is 1.88 bits per heavy atom. The van der Waals surface area contributed by atoms with E-state index in [1.807, 2.05) is 32.0 Å². The third-order valence-corrected chi connectivity index (χ3v) is 7.77. The first-order chi connectivity index (χ1) is 20.5. The molecular weight excluding hydrogens is 518 g/mol. The number of carbonyl (C=O) groups is 1. The average molecular weight is 568 g/mol. The maximum absolute atomic E-state index is 11.7. The molecule has 2 N–H and O–H groups in total. The van der Waals surface area contributed by atoms with Gasteiger partial charge in [-0.1, -0.05) is 75.5 Å². The van der Waals surface area contributed by atoms with Crippen molar-refractivity contribution in [3.63, 3.8) is 0 Å². The third-order valence-electron chi connectivity index (χ3n) is 7.77. The number of aryl methyl sites for hydroxylation is 1. The predicted octanol–water partition coefficient (Wildman–Crippen LogP) is 6.72. The summed E-state index contributed by atoms with van der Waals surface area (Å²) < 4.78 is 4.84. The van der Waals surface area contributed by atoms with Gasteiger partial charge in [-0.05, 0) is 105 Å². The van der Waals surface area contributed by atoms with Gasteiger partial charge in [0.15, 0.2) is 0 Å². The van der Waals surface area contributed by atoms with E-state index in [1.165, 1.54) is 56.4 Å². The van der Waals surface area contributed by atoms with Gasteiger partial charge >= 0.3 is 5.97 Å². The number of methoxy groups -OCH3 is 1. The molecule has 0 unspecified atom stereocenters. The number of rotatable bonds is 17. The summed E-state index contributed by atoms with van der Waals surface area (Å²) >= 11 is 0. The molecule has 0 spiro atoms. The Bertz CT molecular complexity index is 1410. The molecule has 42 heavy (non-hydrogen) atoms. The second kappa shape index (κ2) is 18.0. The number of aromatic nitrogens is 1. The fraction of sp³-hybridized carbons (Fsp3) is 0.432. The molecule has 0 saturated heterocycles. The van der Waals surface area contributed by atoms with Crippen molar-refractivity contribution in [2.45, 2.75) is 91.0 Å². The van der Waals surface area contributed by atoms with Crippen molar-refractivity contribution in [1.29, 1.82) is 0 Å². The number of allylic oxidation sites excluding steroid dienone is 4. The molecule has 1 aromatic carbocycles. The number of hydrogen-bond donors (Lipinski definition) is 2. The maximum atomic E-state index is 11.7. The summed E-state index contributed by atoms with van der Waals surface area (Å²) in [6.45, 7) is 10.9. The van der Waals surface area contributed by atoms with Crippen molar-refractivity contribution in [3.8, 4) is 0 Å². The number of nitrogens with one attached hydrogen (secondary N) is 2. The van der Waals surface area contributed by atoms with Gasteiger partial charge in [0, 0.05) is 10.9 Å². The Labute approximate surface area is 252 Å². The summed E-state index contributed by atoms with van der Waals surface area (Å²) in [5.74, 6) is -0.162. The number of esters is 1. The van der Waals surface area contributed by atoms with Gasteiger partial charge in [0.1, 0.15) is 6.04 Å². The smallest absolute Gasteiger partial charge is 0.322 e. The van der Waals surface area contributed by atoms with E-state index in [9.17, 15) is 4.79 Å². The molecule has 5 nitrogen and oxygen atoms in total. The molecule has 0 saturated carbocycles. The van der Waals surface area contributed by atoms with Gasteiger partial charge in [-0.3, -0.25) is 9.78 Å². The fourth-order valence-electron chi connectivity index (χ4n) is 5.31. The number of carbonyl (C=O) groups excluding carboxylic acids is 1. The van der Waals surface area contributed by atoms with Crippen LogP contribution in [-0.4, -0.2) is 30.6 Å². The summed E-state index contributed by atoms with van der Waals surface area (Å²) in [6.07, 6.45) is 19.9. The van der Waals surface area contributed by atoms with Gasteiger partial charge in [-0.15, -0.1) is 5.73 Å². The van der Waals surface area contributed by atoms with Gasteiger partial charge in [0.2, 0.25) is 0 Å². The first kappa shape index (κ1) is 32.8. The molecule has 0 radical (unpaired) electrons. The SMILES string of the molecule is C=CN/C(=C(\C)c1ccc2/c(c1)=C\C(CCCCCCCCCN[C@@H](CC)C(=O)OC)=C/CC=C=2)c1cccc(C)n1. The lowest BCUT2D eigenvalue weighted by atomic mass is 9.98. The highest BCUT2D eigenvalue weighted by Gasteiger charge is 2.15. The van der Waals surface area contributed by atoms with E-state index in [2.05, 4.69) is 66.3 Å². The Morgan fingerprint density at radius 1 is 1.12 bits per heavy atom. The lowest BCUT2D eigenvalue weighted by Gasteiger charge is -2.14. The minimum Gasteiger partial charge on any atom is -0.468 e. The summed E-state index contributed by atoms with van der Waals surface area (Å²) in [7, 11) is 1.45. The number of fused-ring (bicyclic) bond motifs is 1. The normalized spacial score (nSPS) is 15.8. The van der Waals surface area contributed by atoms with Gasteiger partial charge < -0.3 is 15.4 Å². The summed E-state index contributed by atoms with van der Waals surface area (Å²) in [5.41, 5.74) is 10.0. The average Bonchev–Trinajstić information content (AvgIpc) is 2.99. The van der Waals surface area contributed by atoms with Crippen molar-refractivity contribution in [2.75, 3.05) is 13.7 Å². The van der Waals surface area contributed by atoms with Crippen molar-refractivity contribution in [1.82, 2.24) is 15.6 Å². The Kier molecular flexibility index (Phi) is 14.1.